The highest BCUT2D eigenvalue weighted by Crippen LogP contribution is 2.59. The van der Waals surface area contributed by atoms with E-state index >= 15 is 0 Å². The number of carbonyl (C=O) groups is 4. The van der Waals surface area contributed by atoms with E-state index < -0.39 is 29.6 Å². The van der Waals surface area contributed by atoms with Crippen LogP contribution in [0.2, 0.25) is 0 Å². The van der Waals surface area contributed by atoms with Crippen LogP contribution < -0.4 is 4.74 Å². The number of hydrogen-bond acceptors (Lipinski definition) is 6. The predicted molar refractivity (Wildman–Crippen MR) is 131 cm³/mol. The molecule has 3 fully saturated rings. The number of rotatable bonds is 7. The predicted octanol–water partition coefficient (Wildman–Crippen LogP) is 3.25. The van der Waals surface area contributed by atoms with Crippen molar-refractivity contribution in [2.45, 2.75) is 52.4 Å². The van der Waals surface area contributed by atoms with Crippen molar-refractivity contribution in [3.63, 3.8) is 0 Å². The van der Waals surface area contributed by atoms with Crippen LogP contribution in [0.3, 0.4) is 0 Å². The van der Waals surface area contributed by atoms with Crippen molar-refractivity contribution in [2.75, 3.05) is 19.7 Å². The van der Waals surface area contributed by atoms with E-state index in [1.165, 1.54) is 9.80 Å². The molecule has 0 bridgehead atoms. The van der Waals surface area contributed by atoms with Gasteiger partial charge >= 0.3 is 0 Å². The van der Waals surface area contributed by atoms with E-state index in [2.05, 4.69) is 0 Å². The summed E-state index contributed by atoms with van der Waals surface area (Å²) >= 11 is 0. The fourth-order valence-corrected chi connectivity index (χ4v) is 7.02. The van der Waals surface area contributed by atoms with E-state index in [0.717, 1.165) is 5.57 Å². The van der Waals surface area contributed by atoms with E-state index in [9.17, 15) is 24.3 Å². The van der Waals surface area contributed by atoms with Crippen molar-refractivity contribution >= 4 is 23.6 Å². The number of benzene rings is 1. The molecular weight excluding hydrogens is 460 g/mol. The topological polar surface area (TPSA) is 104 Å². The van der Waals surface area contributed by atoms with Gasteiger partial charge in [-0.3, -0.25) is 29.0 Å². The highest BCUT2D eigenvalue weighted by Gasteiger charge is 2.62. The highest BCUT2D eigenvalue weighted by atomic mass is 16.5. The molecule has 4 aliphatic rings. The number of phenols is 1. The lowest BCUT2D eigenvalue weighted by Gasteiger charge is -2.44. The summed E-state index contributed by atoms with van der Waals surface area (Å²) < 4.78 is 5.63. The minimum atomic E-state index is -0.648. The summed E-state index contributed by atoms with van der Waals surface area (Å²) in [6.45, 7) is 6.80. The van der Waals surface area contributed by atoms with Gasteiger partial charge in [-0.05, 0) is 44.6 Å². The molecule has 5 rings (SSSR count). The number of nitrogens with zero attached hydrogens (tertiary/aromatic N) is 2. The van der Waals surface area contributed by atoms with Gasteiger partial charge in [0.25, 0.3) is 0 Å². The summed E-state index contributed by atoms with van der Waals surface area (Å²) in [5, 5.41) is 11.2. The second-order valence-corrected chi connectivity index (χ2v) is 10.3. The van der Waals surface area contributed by atoms with Crippen LogP contribution in [-0.2, 0) is 19.2 Å². The maximum absolute atomic E-state index is 13.6. The quantitative estimate of drug-likeness (QED) is 0.461. The number of phenolic OH excluding ortho intramolecular Hbond substituents is 1. The van der Waals surface area contributed by atoms with Gasteiger partial charge in [0.1, 0.15) is 0 Å². The molecule has 192 valence electrons. The first-order chi connectivity index (χ1) is 17.3. The number of aromatic hydroxyl groups is 1. The number of allylic oxidation sites excluding steroid dienone is 2. The van der Waals surface area contributed by atoms with Gasteiger partial charge in [0.2, 0.25) is 23.6 Å². The largest absolute Gasteiger partial charge is 0.504 e. The van der Waals surface area contributed by atoms with Gasteiger partial charge < -0.3 is 9.84 Å². The fourth-order valence-electron chi connectivity index (χ4n) is 7.02. The van der Waals surface area contributed by atoms with Crippen LogP contribution in [0.25, 0.3) is 0 Å². The van der Waals surface area contributed by atoms with Crippen molar-refractivity contribution in [1.29, 1.82) is 0 Å². The summed E-state index contributed by atoms with van der Waals surface area (Å²) in [5.74, 6) is -3.55. The number of amides is 4. The molecule has 2 saturated heterocycles. The zero-order valence-corrected chi connectivity index (χ0v) is 21.1. The third-order valence-corrected chi connectivity index (χ3v) is 8.39. The number of fused-ring (bicyclic) bond motifs is 4. The van der Waals surface area contributed by atoms with Gasteiger partial charge in [0.05, 0.1) is 30.3 Å². The van der Waals surface area contributed by atoms with Crippen LogP contribution in [0.1, 0.15) is 57.9 Å². The molecule has 1 N–H and O–H groups in total. The smallest absolute Gasteiger partial charge is 0.234 e. The summed E-state index contributed by atoms with van der Waals surface area (Å²) in [7, 11) is 0. The Bertz CT molecular complexity index is 1140. The van der Waals surface area contributed by atoms with Crippen molar-refractivity contribution in [3.8, 4) is 11.5 Å². The Labute approximate surface area is 211 Å². The molecule has 2 aliphatic carbocycles. The number of para-hydroxylation sites is 1. The van der Waals surface area contributed by atoms with Gasteiger partial charge in [-0.15, -0.1) is 0 Å². The molecule has 1 aromatic rings. The first-order valence-electron chi connectivity index (χ1n) is 13.2. The molecule has 0 unspecified atom stereocenters. The minimum Gasteiger partial charge on any atom is -0.504 e. The van der Waals surface area contributed by atoms with Gasteiger partial charge in [-0.25, -0.2) is 0 Å². The highest BCUT2D eigenvalue weighted by molar-refractivity contribution is 6.08. The Morgan fingerprint density at radius 3 is 2.14 bits per heavy atom. The number of imide groups is 2. The SMILES string of the molecule is CCCN1C(=O)[C@H]2[C@H](CC=C3[C@H]2C[C@H]2C(=O)N(CCC)C(=O)[C@H]2[C@H]3c2cccc(OCC)c2O)C1=O. The van der Waals surface area contributed by atoms with Crippen molar-refractivity contribution in [1.82, 2.24) is 9.80 Å². The molecule has 1 aromatic carbocycles. The molecular formula is C28H34N2O6. The number of carbonyl (C=O) groups excluding carboxylic acids is 4. The molecule has 8 heteroatoms. The minimum absolute atomic E-state index is 0.0394. The molecule has 8 nitrogen and oxygen atoms in total. The van der Waals surface area contributed by atoms with E-state index in [-0.39, 0.29) is 35.3 Å². The van der Waals surface area contributed by atoms with Crippen molar-refractivity contribution < 1.29 is 29.0 Å². The van der Waals surface area contributed by atoms with E-state index in [1.54, 1.807) is 18.2 Å². The second-order valence-electron chi connectivity index (χ2n) is 10.3. The standard InChI is InChI=1S/C28H34N2O6/c1-4-12-29-25(32)17-11-10-15-18(22(17)27(29)34)14-19-23(28(35)30(13-5-2)26(19)33)21(15)16-8-7-9-20(24(16)31)36-6-3/h7-10,17-19,21-23,31H,4-6,11-14H2,1-3H3/t17-,18+,19+,21+,22-,23+/m0/s1. The molecule has 36 heavy (non-hydrogen) atoms. The molecule has 1 saturated carbocycles. The summed E-state index contributed by atoms with van der Waals surface area (Å²) in [6.07, 6.45) is 4.13. The lowest BCUT2D eigenvalue weighted by atomic mass is 9.57. The Morgan fingerprint density at radius 2 is 1.50 bits per heavy atom. The van der Waals surface area contributed by atoms with Crippen LogP contribution in [0.4, 0.5) is 0 Å². The first kappa shape index (κ1) is 24.5. The molecule has 6 atom stereocenters. The third-order valence-electron chi connectivity index (χ3n) is 8.39. The van der Waals surface area contributed by atoms with Crippen molar-refractivity contribution in [2.24, 2.45) is 29.6 Å². The van der Waals surface area contributed by atoms with Gasteiger partial charge in [-0.1, -0.05) is 37.6 Å². The van der Waals surface area contributed by atoms with Gasteiger partial charge in [0, 0.05) is 24.6 Å². The van der Waals surface area contributed by atoms with Crippen LogP contribution >= 0.6 is 0 Å². The molecule has 0 radical (unpaired) electrons. The molecule has 2 aliphatic heterocycles. The van der Waals surface area contributed by atoms with Gasteiger partial charge in [0.15, 0.2) is 11.5 Å². The third kappa shape index (κ3) is 3.48. The second kappa shape index (κ2) is 9.37. The average molecular weight is 495 g/mol. The van der Waals surface area contributed by atoms with Crippen LogP contribution in [0, 0.1) is 29.6 Å². The van der Waals surface area contributed by atoms with Crippen LogP contribution in [0.15, 0.2) is 29.8 Å². The zero-order valence-electron chi connectivity index (χ0n) is 21.1. The Kier molecular flexibility index (Phi) is 6.39. The zero-order chi connectivity index (χ0) is 25.7. The average Bonchev–Trinajstić information content (AvgIpc) is 3.25. The number of likely N-dealkylation sites (tertiary alicyclic amines) is 2. The number of ether oxygens (including phenoxy) is 1. The number of hydrogen-bond donors (Lipinski definition) is 1. The van der Waals surface area contributed by atoms with Crippen molar-refractivity contribution in [3.05, 3.63) is 35.4 Å². The maximum Gasteiger partial charge on any atom is 0.234 e. The molecule has 2 heterocycles. The summed E-state index contributed by atoms with van der Waals surface area (Å²) in [6, 6.07) is 5.24. The summed E-state index contributed by atoms with van der Waals surface area (Å²) in [4.78, 5) is 56.5. The van der Waals surface area contributed by atoms with Crippen LogP contribution in [0.5, 0.6) is 11.5 Å². The maximum atomic E-state index is 13.6. The molecule has 0 spiro atoms. The first-order valence-corrected chi connectivity index (χ1v) is 13.2. The summed E-state index contributed by atoms with van der Waals surface area (Å²) in [5.41, 5.74) is 1.42. The Balaban J connectivity index is 1.64. The van der Waals surface area contributed by atoms with E-state index in [4.69, 9.17) is 4.74 Å². The lowest BCUT2D eigenvalue weighted by molar-refractivity contribution is -0.142. The fraction of sp³-hybridized carbons (Fsp3) is 0.571. The van der Waals surface area contributed by atoms with Gasteiger partial charge in [-0.2, -0.15) is 0 Å². The monoisotopic (exact) mass is 494 g/mol. The normalized spacial score (nSPS) is 31.4. The molecule has 4 amide bonds. The van der Waals surface area contributed by atoms with E-state index in [1.807, 2.05) is 26.8 Å². The molecule has 0 aromatic heterocycles. The van der Waals surface area contributed by atoms with E-state index in [0.29, 0.717) is 56.7 Å². The Hall–Kier alpha value is -3.16. The van der Waals surface area contributed by atoms with Crippen LogP contribution in [-0.4, -0.2) is 58.2 Å². The lowest BCUT2D eigenvalue weighted by Crippen LogP contribution is -2.43. The Morgan fingerprint density at radius 1 is 0.861 bits per heavy atom.